The molecule has 0 aliphatic heterocycles. The predicted octanol–water partition coefficient (Wildman–Crippen LogP) is 6.82. The first kappa shape index (κ1) is 21.4. The number of fused-ring (bicyclic) bond motifs is 5. The van der Waals surface area contributed by atoms with Gasteiger partial charge in [0.05, 0.1) is 0 Å². The molecule has 1 aromatic rings. The quantitative estimate of drug-likeness (QED) is 0.540. The van der Waals surface area contributed by atoms with Crippen LogP contribution in [0.25, 0.3) is 0 Å². The van der Waals surface area contributed by atoms with Gasteiger partial charge in [-0.05, 0) is 116 Å². The van der Waals surface area contributed by atoms with Crippen LogP contribution in [-0.2, 0) is 6.42 Å². The van der Waals surface area contributed by atoms with E-state index in [4.69, 9.17) is 0 Å². The zero-order valence-electron chi connectivity index (χ0n) is 20.1. The van der Waals surface area contributed by atoms with E-state index in [0.717, 1.165) is 47.8 Å². The molecule has 4 saturated carbocycles. The van der Waals surface area contributed by atoms with Gasteiger partial charge in [0.15, 0.2) is 0 Å². The lowest BCUT2D eigenvalue weighted by Gasteiger charge is -2.57. The third-order valence-corrected chi connectivity index (χ3v) is 10.6. The van der Waals surface area contributed by atoms with Crippen LogP contribution < -0.4 is 0 Å². The molecule has 0 aromatic carbocycles. The Morgan fingerprint density at radius 2 is 1.84 bits per heavy atom. The van der Waals surface area contributed by atoms with E-state index >= 15 is 0 Å². The summed E-state index contributed by atoms with van der Waals surface area (Å²) in [6.07, 6.45) is 15.8. The molecule has 7 unspecified atom stereocenters. The number of aromatic nitrogens is 2. The molecule has 0 spiro atoms. The van der Waals surface area contributed by atoms with E-state index < -0.39 is 0 Å². The monoisotopic (exact) mass is 419 g/mol. The molecule has 0 bridgehead atoms. The Kier molecular flexibility index (Phi) is 5.43. The van der Waals surface area contributed by atoms with E-state index in [1.165, 1.54) is 57.8 Å². The Hall–Kier alpha value is -1.43. The third kappa shape index (κ3) is 3.73. The van der Waals surface area contributed by atoms with E-state index in [9.17, 15) is 5.26 Å². The first-order valence-corrected chi connectivity index (χ1v) is 13.0. The summed E-state index contributed by atoms with van der Waals surface area (Å²) < 4.78 is 0. The number of nitrogens with zero attached hydrogens (tertiary/aromatic N) is 3. The molecule has 4 aliphatic rings. The van der Waals surface area contributed by atoms with Gasteiger partial charge < -0.3 is 0 Å². The molecule has 5 rings (SSSR count). The molecule has 0 radical (unpaired) electrons. The van der Waals surface area contributed by atoms with Gasteiger partial charge in [0.25, 0.3) is 0 Å². The fraction of sp³-hybridized carbons (Fsp3) is 0.821. The van der Waals surface area contributed by atoms with Crippen LogP contribution in [-0.4, -0.2) is 9.97 Å². The fourth-order valence-electron chi connectivity index (χ4n) is 9.27. The number of hydrogen-bond donors (Lipinski definition) is 0. The van der Waals surface area contributed by atoms with Crippen LogP contribution >= 0.6 is 0 Å². The molecular weight excluding hydrogens is 378 g/mol. The highest BCUT2D eigenvalue weighted by molar-refractivity contribution is 5.18. The molecule has 31 heavy (non-hydrogen) atoms. The Bertz CT molecular complexity index is 854. The van der Waals surface area contributed by atoms with Crippen LogP contribution in [0.3, 0.4) is 0 Å². The van der Waals surface area contributed by atoms with Crippen molar-refractivity contribution in [3.8, 4) is 6.07 Å². The summed E-state index contributed by atoms with van der Waals surface area (Å²) in [6.45, 7) is 10.1. The Labute approximate surface area is 189 Å². The molecule has 168 valence electrons. The molecule has 8 atom stereocenters. The maximum Gasteiger partial charge on any atom is 0.144 e. The van der Waals surface area contributed by atoms with Crippen LogP contribution in [0.5, 0.6) is 0 Å². The van der Waals surface area contributed by atoms with Crippen LogP contribution in [0.4, 0.5) is 0 Å². The molecule has 3 nitrogen and oxygen atoms in total. The zero-order chi connectivity index (χ0) is 21.8. The van der Waals surface area contributed by atoms with Gasteiger partial charge in [-0.25, -0.2) is 9.97 Å². The fourth-order valence-corrected chi connectivity index (χ4v) is 9.27. The molecule has 0 saturated heterocycles. The van der Waals surface area contributed by atoms with Gasteiger partial charge in [0.2, 0.25) is 0 Å². The van der Waals surface area contributed by atoms with Crippen LogP contribution in [0.15, 0.2) is 12.3 Å². The summed E-state index contributed by atoms with van der Waals surface area (Å²) in [6, 6.07) is 3.88. The number of nitriles is 1. The first-order chi connectivity index (χ1) is 14.8. The van der Waals surface area contributed by atoms with Gasteiger partial charge in [-0.1, -0.05) is 27.7 Å². The molecule has 1 aromatic heterocycles. The highest BCUT2D eigenvalue weighted by Crippen LogP contribution is 2.66. The highest BCUT2D eigenvalue weighted by Gasteiger charge is 2.57. The van der Waals surface area contributed by atoms with Crippen molar-refractivity contribution in [2.75, 3.05) is 0 Å². The van der Waals surface area contributed by atoms with Gasteiger partial charge in [0, 0.05) is 12.6 Å². The smallest absolute Gasteiger partial charge is 0.144 e. The summed E-state index contributed by atoms with van der Waals surface area (Å²) in [5.74, 6) is 7.18. The number of hydrogen-bond acceptors (Lipinski definition) is 3. The van der Waals surface area contributed by atoms with Crippen molar-refractivity contribution in [3.05, 3.63) is 23.8 Å². The average Bonchev–Trinajstić information content (AvgIpc) is 3.10. The lowest BCUT2D eigenvalue weighted by atomic mass is 9.48. The summed E-state index contributed by atoms with van der Waals surface area (Å²) in [4.78, 5) is 8.97. The molecule has 3 heteroatoms. The highest BCUT2D eigenvalue weighted by atomic mass is 14.9. The van der Waals surface area contributed by atoms with Gasteiger partial charge in [-0.2, -0.15) is 5.26 Å². The predicted molar refractivity (Wildman–Crippen MR) is 124 cm³/mol. The van der Waals surface area contributed by atoms with E-state index in [1.807, 2.05) is 0 Å². The molecule has 4 fully saturated rings. The van der Waals surface area contributed by atoms with Crippen LogP contribution in [0.1, 0.15) is 97.0 Å². The van der Waals surface area contributed by atoms with E-state index in [2.05, 4.69) is 43.7 Å². The minimum atomic E-state index is 0.494. The second-order valence-electron chi connectivity index (χ2n) is 12.7. The normalized spacial score (nSPS) is 42.0. The molecular formula is C28H41N3. The van der Waals surface area contributed by atoms with Crippen molar-refractivity contribution in [1.29, 1.82) is 5.26 Å². The van der Waals surface area contributed by atoms with Gasteiger partial charge >= 0.3 is 0 Å². The molecule has 0 N–H and O–H groups in total. The lowest BCUT2D eigenvalue weighted by molar-refractivity contribution is -0.0808. The Balaban J connectivity index is 1.30. The summed E-state index contributed by atoms with van der Waals surface area (Å²) >= 11 is 0. The largest absolute Gasteiger partial charge is 0.241 e. The van der Waals surface area contributed by atoms with E-state index in [0.29, 0.717) is 22.4 Å². The minimum absolute atomic E-state index is 0.494. The zero-order valence-corrected chi connectivity index (χ0v) is 20.1. The Morgan fingerprint density at radius 1 is 1.03 bits per heavy atom. The van der Waals surface area contributed by atoms with E-state index in [-0.39, 0.29) is 0 Å². The van der Waals surface area contributed by atoms with Crippen LogP contribution in [0, 0.1) is 63.6 Å². The van der Waals surface area contributed by atoms with Crippen molar-refractivity contribution in [1.82, 2.24) is 9.97 Å². The van der Waals surface area contributed by atoms with Crippen molar-refractivity contribution in [3.63, 3.8) is 0 Å². The summed E-state index contributed by atoms with van der Waals surface area (Å²) in [7, 11) is 0. The number of rotatable bonds is 3. The second kappa shape index (κ2) is 7.86. The standard InChI is InChI=1S/C28H41N3/c1-18(15-26-30-14-11-20(17-29)31-26)24-7-8-25-23-6-5-19-16-27(2,3)12-9-21(19)22(23)10-13-28(24,25)4/h11,14,18-19,21-25H,5-10,12-13,15-16H2,1-4H3/t18-,19?,21?,22?,23?,24?,25?,28?/m1/s1. The average molecular weight is 420 g/mol. The van der Waals surface area contributed by atoms with Gasteiger partial charge in [-0.3, -0.25) is 0 Å². The summed E-state index contributed by atoms with van der Waals surface area (Å²) in [5.41, 5.74) is 1.57. The lowest BCUT2D eigenvalue weighted by Crippen LogP contribution is -2.49. The van der Waals surface area contributed by atoms with Crippen molar-refractivity contribution in [2.24, 2.45) is 52.3 Å². The first-order valence-electron chi connectivity index (χ1n) is 13.0. The van der Waals surface area contributed by atoms with Crippen molar-refractivity contribution in [2.45, 2.75) is 91.9 Å². The van der Waals surface area contributed by atoms with E-state index in [1.54, 1.807) is 12.3 Å². The molecule has 0 amide bonds. The second-order valence-corrected chi connectivity index (χ2v) is 12.7. The Morgan fingerprint density at radius 3 is 2.65 bits per heavy atom. The molecule has 1 heterocycles. The maximum atomic E-state index is 9.18. The minimum Gasteiger partial charge on any atom is -0.241 e. The SMILES string of the molecule is C[C@H](Cc1nccc(C#N)n1)C1CCC2C3CCC4CC(C)(C)CCC4C3CCC21C. The van der Waals surface area contributed by atoms with Crippen molar-refractivity contribution < 1.29 is 0 Å². The summed E-state index contributed by atoms with van der Waals surface area (Å²) in [5, 5.41) is 9.18. The third-order valence-electron chi connectivity index (χ3n) is 10.6. The van der Waals surface area contributed by atoms with Crippen molar-refractivity contribution >= 4 is 0 Å². The van der Waals surface area contributed by atoms with Gasteiger partial charge in [-0.15, -0.1) is 0 Å². The molecule has 4 aliphatic carbocycles. The topological polar surface area (TPSA) is 49.6 Å². The van der Waals surface area contributed by atoms with Gasteiger partial charge in [0.1, 0.15) is 17.6 Å². The van der Waals surface area contributed by atoms with Crippen LogP contribution in [0.2, 0.25) is 0 Å². The maximum absolute atomic E-state index is 9.18.